The summed E-state index contributed by atoms with van der Waals surface area (Å²) < 4.78 is 5.57. The minimum absolute atomic E-state index is 0. The molecule has 0 aromatic heterocycles. The van der Waals surface area contributed by atoms with Crippen molar-refractivity contribution in [2.75, 3.05) is 0 Å². The third kappa shape index (κ3) is 9.60. The maximum absolute atomic E-state index is 5.57. The van der Waals surface area contributed by atoms with Crippen molar-refractivity contribution >= 4 is 7.05 Å². The molecule has 1 nitrogen and oxygen atoms in total. The van der Waals surface area contributed by atoms with Crippen LogP contribution >= 0.6 is 7.05 Å². The van der Waals surface area contributed by atoms with Gasteiger partial charge in [-0.3, -0.25) is 4.74 Å². The molecule has 0 N–H and O–H groups in total. The van der Waals surface area contributed by atoms with Crippen molar-refractivity contribution in [3.05, 3.63) is 48.7 Å². The quantitative estimate of drug-likeness (QED) is 0.173. The SMILES string of the molecule is C=CC(=C)C.CCCC(C)P(=NC1=CC=CC1)(C(C)CCC)C(C)CCC.[Ti]. The molecule has 0 saturated carbocycles. The van der Waals surface area contributed by atoms with Gasteiger partial charge in [0.05, 0.1) is 0 Å². The maximum Gasteiger partial charge on any atom is 0.0425 e. The number of hydrogen-bond acceptors (Lipinski definition) is 1. The van der Waals surface area contributed by atoms with E-state index in [1.54, 1.807) is 6.08 Å². The number of allylic oxidation sites excluding steroid dienone is 5. The molecule has 1 aliphatic carbocycles. The van der Waals surface area contributed by atoms with Crippen LogP contribution in [-0.2, 0) is 21.7 Å². The Bertz CT molecular complexity index is 521. The fourth-order valence-electron chi connectivity index (χ4n) is 4.21. The Morgan fingerprint density at radius 1 is 1.04 bits per heavy atom. The van der Waals surface area contributed by atoms with Crippen LogP contribution in [0, 0.1) is 0 Å². The summed E-state index contributed by atoms with van der Waals surface area (Å²) in [5, 5.41) is 0. The van der Waals surface area contributed by atoms with Gasteiger partial charge in [-0.15, -0.1) is 0 Å². The van der Waals surface area contributed by atoms with Crippen LogP contribution in [0.1, 0.15) is 93.4 Å². The van der Waals surface area contributed by atoms with Crippen molar-refractivity contribution in [2.24, 2.45) is 4.74 Å². The summed E-state index contributed by atoms with van der Waals surface area (Å²) in [5.74, 6) is 0. The molecule has 3 atom stereocenters. The largest absolute Gasteiger partial charge is 0.271 e. The van der Waals surface area contributed by atoms with Gasteiger partial charge in [0.25, 0.3) is 0 Å². The summed E-state index contributed by atoms with van der Waals surface area (Å²) in [6.45, 7) is 23.4. The van der Waals surface area contributed by atoms with Gasteiger partial charge in [-0.25, -0.2) is 0 Å². The molecule has 0 amide bonds. The van der Waals surface area contributed by atoms with Crippen molar-refractivity contribution in [1.29, 1.82) is 0 Å². The first kappa shape index (κ1) is 30.1. The molecular weight excluding hydrogens is 393 g/mol. The van der Waals surface area contributed by atoms with E-state index >= 15 is 0 Å². The molecule has 3 heteroatoms. The maximum atomic E-state index is 5.57. The second-order valence-corrected chi connectivity index (χ2v) is 12.6. The van der Waals surface area contributed by atoms with Gasteiger partial charge in [-0.1, -0.05) is 97.8 Å². The molecule has 1 aliphatic rings. The van der Waals surface area contributed by atoms with Crippen LogP contribution in [0.4, 0.5) is 0 Å². The van der Waals surface area contributed by atoms with Gasteiger partial charge in [0.1, 0.15) is 0 Å². The van der Waals surface area contributed by atoms with E-state index in [0.29, 0.717) is 0 Å². The molecule has 0 saturated heterocycles. The molecule has 0 fully saturated rings. The first-order chi connectivity index (χ1) is 12.8. The van der Waals surface area contributed by atoms with Crippen LogP contribution in [0.5, 0.6) is 0 Å². The van der Waals surface area contributed by atoms with Crippen LogP contribution in [0.3, 0.4) is 0 Å². The van der Waals surface area contributed by atoms with Gasteiger partial charge in [0.2, 0.25) is 0 Å². The fraction of sp³-hybridized carbons (Fsp3) is 0.680. The summed E-state index contributed by atoms with van der Waals surface area (Å²) >= 11 is 0. The predicted molar refractivity (Wildman–Crippen MR) is 129 cm³/mol. The van der Waals surface area contributed by atoms with E-state index < -0.39 is 7.05 Å². The smallest absolute Gasteiger partial charge is 0.0425 e. The summed E-state index contributed by atoms with van der Waals surface area (Å²) in [4.78, 5) is 0. The van der Waals surface area contributed by atoms with E-state index in [9.17, 15) is 0 Å². The Balaban J connectivity index is 0. The molecule has 3 unspecified atom stereocenters. The monoisotopic (exact) mass is 439 g/mol. The van der Waals surface area contributed by atoms with Crippen molar-refractivity contribution in [2.45, 2.75) is 110 Å². The third-order valence-electron chi connectivity index (χ3n) is 5.64. The van der Waals surface area contributed by atoms with Gasteiger partial charge >= 0.3 is 0 Å². The van der Waals surface area contributed by atoms with Gasteiger partial charge in [0, 0.05) is 33.8 Å². The Morgan fingerprint density at radius 3 is 1.68 bits per heavy atom. The summed E-state index contributed by atoms with van der Waals surface area (Å²) in [5.41, 5.74) is 4.67. The Hall–Kier alpha value is -0.0957. The molecule has 0 radical (unpaired) electrons. The Labute approximate surface area is 192 Å². The molecule has 28 heavy (non-hydrogen) atoms. The molecule has 1 rings (SSSR count). The minimum Gasteiger partial charge on any atom is -0.271 e. The predicted octanol–water partition coefficient (Wildman–Crippen LogP) is 9.34. The van der Waals surface area contributed by atoms with Crippen molar-refractivity contribution in [3.8, 4) is 0 Å². The fourth-order valence-corrected chi connectivity index (χ4v) is 10.0. The normalized spacial score (nSPS) is 17.8. The average Bonchev–Trinajstić information content (AvgIpc) is 3.13. The number of rotatable bonds is 11. The number of nitrogens with zero attached hydrogens (tertiary/aromatic N) is 1. The average molecular weight is 439 g/mol. The van der Waals surface area contributed by atoms with Gasteiger partial charge in [0.15, 0.2) is 0 Å². The van der Waals surface area contributed by atoms with Gasteiger partial charge < -0.3 is 0 Å². The summed E-state index contributed by atoms with van der Waals surface area (Å²) in [6.07, 6.45) is 17.3. The zero-order valence-electron chi connectivity index (χ0n) is 19.8. The van der Waals surface area contributed by atoms with Gasteiger partial charge in [-0.2, -0.15) is 0 Å². The van der Waals surface area contributed by atoms with E-state index in [2.05, 4.69) is 72.9 Å². The van der Waals surface area contributed by atoms with Crippen molar-refractivity contribution in [3.63, 3.8) is 0 Å². The molecule has 0 aromatic carbocycles. The van der Waals surface area contributed by atoms with Crippen molar-refractivity contribution < 1.29 is 21.7 Å². The van der Waals surface area contributed by atoms with E-state index in [0.717, 1.165) is 29.0 Å². The minimum atomic E-state index is -1.35. The van der Waals surface area contributed by atoms with Gasteiger partial charge in [-0.05, 0) is 56.3 Å². The van der Waals surface area contributed by atoms with E-state index in [1.165, 1.54) is 44.2 Å². The standard InChI is InChI=1S/C20H38NP.C5H8.Ti/c1-7-12-17(4)22(18(5)13-8-2,19(6)14-9-3)21-20-15-10-11-16-20;1-4-5(2)3;/h10-11,15,17-19H,7-9,12-14,16H2,1-6H3;4H,1-2H2,3H3;. The summed E-state index contributed by atoms with van der Waals surface area (Å²) in [7, 11) is -1.35. The Kier molecular flexibility index (Phi) is 17.9. The molecule has 0 heterocycles. The van der Waals surface area contributed by atoms with Crippen LogP contribution < -0.4 is 0 Å². The van der Waals surface area contributed by atoms with Crippen LogP contribution in [-0.4, -0.2) is 17.0 Å². The molecule has 0 aliphatic heterocycles. The topological polar surface area (TPSA) is 12.4 Å². The number of hydrogen-bond donors (Lipinski definition) is 0. The first-order valence-electron chi connectivity index (χ1n) is 11.0. The Morgan fingerprint density at radius 2 is 1.43 bits per heavy atom. The van der Waals surface area contributed by atoms with E-state index in [1.807, 2.05) is 6.92 Å². The molecule has 0 aromatic rings. The van der Waals surface area contributed by atoms with E-state index in [4.69, 9.17) is 4.74 Å². The van der Waals surface area contributed by atoms with E-state index in [-0.39, 0.29) is 21.7 Å². The summed E-state index contributed by atoms with van der Waals surface area (Å²) in [6, 6.07) is 0. The molecule has 0 bridgehead atoms. The molecular formula is C25H46NPTi. The first-order valence-corrected chi connectivity index (χ1v) is 13.0. The van der Waals surface area contributed by atoms with Crippen LogP contribution in [0.15, 0.2) is 53.5 Å². The second-order valence-electron chi connectivity index (χ2n) is 8.15. The molecule has 0 spiro atoms. The second kappa shape index (κ2) is 16.7. The molecule has 160 valence electrons. The zero-order valence-corrected chi connectivity index (χ0v) is 22.3. The van der Waals surface area contributed by atoms with Crippen LogP contribution in [0.25, 0.3) is 0 Å². The van der Waals surface area contributed by atoms with Crippen LogP contribution in [0.2, 0.25) is 0 Å². The van der Waals surface area contributed by atoms with Crippen molar-refractivity contribution in [1.82, 2.24) is 0 Å². The zero-order chi connectivity index (χ0) is 20.9. The third-order valence-corrected chi connectivity index (χ3v) is 11.3.